The van der Waals surface area contributed by atoms with Gasteiger partial charge in [-0.1, -0.05) is 13.3 Å². The smallest absolute Gasteiger partial charge is 0.360 e. The van der Waals surface area contributed by atoms with Crippen LogP contribution in [0.4, 0.5) is 6.01 Å². The molecule has 1 atom stereocenters. The van der Waals surface area contributed by atoms with Crippen LogP contribution >= 0.6 is 0 Å². The molecule has 0 aliphatic carbocycles. The Hall–Kier alpha value is -1.52. The first kappa shape index (κ1) is 13.9. The van der Waals surface area contributed by atoms with E-state index < -0.39 is 5.97 Å². The molecule has 0 radical (unpaired) electrons. The summed E-state index contributed by atoms with van der Waals surface area (Å²) < 4.78 is 10.4. The molecule has 5 nitrogen and oxygen atoms in total. The molecular weight excluding hydrogens is 244 g/mol. The number of hydrogen-bond acceptors (Lipinski definition) is 5. The SMILES string of the molecule is CCCC1CCCCN1c1nc(C(=O)OCC)co1. The molecule has 0 N–H and O–H groups in total. The molecular formula is C14H22N2O3. The van der Waals surface area contributed by atoms with Crippen LogP contribution in [0.25, 0.3) is 0 Å². The summed E-state index contributed by atoms with van der Waals surface area (Å²) in [6, 6.07) is 1.04. The number of carbonyl (C=O) groups is 1. The number of anilines is 1. The van der Waals surface area contributed by atoms with E-state index in [1.807, 2.05) is 0 Å². The zero-order chi connectivity index (χ0) is 13.7. The third kappa shape index (κ3) is 3.28. The number of hydrogen-bond donors (Lipinski definition) is 0. The van der Waals surface area contributed by atoms with Gasteiger partial charge in [-0.25, -0.2) is 4.79 Å². The first-order valence-electron chi connectivity index (χ1n) is 7.15. The number of ether oxygens (including phenoxy) is 1. The van der Waals surface area contributed by atoms with Crippen molar-refractivity contribution in [2.24, 2.45) is 0 Å². The molecule has 0 aromatic carbocycles. The second-order valence-corrected chi connectivity index (χ2v) is 4.87. The molecule has 0 bridgehead atoms. The summed E-state index contributed by atoms with van der Waals surface area (Å²) in [5.74, 6) is -0.415. The van der Waals surface area contributed by atoms with Gasteiger partial charge in [0.2, 0.25) is 0 Å². The first-order chi connectivity index (χ1) is 9.26. The Bertz CT molecular complexity index is 415. The predicted molar refractivity (Wildman–Crippen MR) is 72.4 cm³/mol. The van der Waals surface area contributed by atoms with Gasteiger partial charge in [0.15, 0.2) is 5.69 Å². The summed E-state index contributed by atoms with van der Waals surface area (Å²) in [6.45, 7) is 5.27. The minimum atomic E-state index is -0.415. The van der Waals surface area contributed by atoms with Gasteiger partial charge < -0.3 is 14.1 Å². The van der Waals surface area contributed by atoms with Gasteiger partial charge in [0.05, 0.1) is 6.61 Å². The topological polar surface area (TPSA) is 55.6 Å². The van der Waals surface area contributed by atoms with Crippen LogP contribution in [-0.2, 0) is 4.74 Å². The number of rotatable bonds is 5. The van der Waals surface area contributed by atoms with Crippen LogP contribution in [0.2, 0.25) is 0 Å². The molecule has 1 fully saturated rings. The van der Waals surface area contributed by atoms with Crippen molar-refractivity contribution in [3.8, 4) is 0 Å². The van der Waals surface area contributed by atoms with Crippen molar-refractivity contribution in [1.29, 1.82) is 0 Å². The van der Waals surface area contributed by atoms with Crippen molar-refractivity contribution >= 4 is 12.0 Å². The van der Waals surface area contributed by atoms with E-state index in [1.165, 1.54) is 19.1 Å². The fraction of sp³-hybridized carbons (Fsp3) is 0.714. The average molecular weight is 266 g/mol. The lowest BCUT2D eigenvalue weighted by Gasteiger charge is -2.34. The lowest BCUT2D eigenvalue weighted by molar-refractivity contribution is 0.0519. The Morgan fingerprint density at radius 1 is 1.53 bits per heavy atom. The van der Waals surface area contributed by atoms with Crippen molar-refractivity contribution in [3.63, 3.8) is 0 Å². The standard InChI is InChI=1S/C14H22N2O3/c1-3-7-11-8-5-6-9-16(11)14-15-12(10-19-14)13(17)18-4-2/h10-11H,3-9H2,1-2H3. The third-order valence-electron chi connectivity index (χ3n) is 3.47. The molecule has 0 spiro atoms. The molecule has 2 rings (SSSR count). The number of oxazole rings is 1. The summed E-state index contributed by atoms with van der Waals surface area (Å²) in [4.78, 5) is 18.0. The van der Waals surface area contributed by atoms with E-state index in [1.54, 1.807) is 6.92 Å². The number of nitrogens with zero attached hydrogens (tertiary/aromatic N) is 2. The largest absolute Gasteiger partial charge is 0.461 e. The number of carbonyl (C=O) groups excluding carboxylic acids is 1. The zero-order valence-electron chi connectivity index (χ0n) is 11.7. The van der Waals surface area contributed by atoms with Gasteiger partial charge in [-0.15, -0.1) is 0 Å². The van der Waals surface area contributed by atoms with Gasteiger partial charge >= 0.3 is 5.97 Å². The van der Waals surface area contributed by atoms with Gasteiger partial charge in [0.25, 0.3) is 6.01 Å². The summed E-state index contributed by atoms with van der Waals surface area (Å²) >= 11 is 0. The Kier molecular flexibility index (Phi) is 4.82. The van der Waals surface area contributed by atoms with Crippen molar-refractivity contribution in [2.45, 2.75) is 52.0 Å². The second-order valence-electron chi connectivity index (χ2n) is 4.87. The summed E-state index contributed by atoms with van der Waals surface area (Å²) in [5.41, 5.74) is 0.262. The monoisotopic (exact) mass is 266 g/mol. The van der Waals surface area contributed by atoms with Crippen LogP contribution in [0.5, 0.6) is 0 Å². The van der Waals surface area contributed by atoms with Gasteiger partial charge in [0.1, 0.15) is 6.26 Å². The molecule has 5 heteroatoms. The summed E-state index contributed by atoms with van der Waals surface area (Å²) in [5, 5.41) is 0. The Labute approximate surface area is 113 Å². The third-order valence-corrected chi connectivity index (χ3v) is 3.47. The molecule has 1 aliphatic heterocycles. The molecule has 0 saturated carbocycles. The van der Waals surface area contributed by atoms with Crippen LogP contribution in [0.15, 0.2) is 10.7 Å². The van der Waals surface area contributed by atoms with E-state index in [2.05, 4.69) is 16.8 Å². The summed E-state index contributed by atoms with van der Waals surface area (Å²) in [7, 11) is 0. The molecule has 1 aliphatic rings. The Morgan fingerprint density at radius 3 is 3.11 bits per heavy atom. The molecule has 1 unspecified atom stereocenters. The van der Waals surface area contributed by atoms with Crippen LogP contribution in [0, 0.1) is 0 Å². The van der Waals surface area contributed by atoms with Gasteiger partial charge in [-0.3, -0.25) is 0 Å². The molecule has 2 heterocycles. The normalized spacial score (nSPS) is 19.5. The van der Waals surface area contributed by atoms with E-state index >= 15 is 0 Å². The maximum atomic E-state index is 11.6. The number of aromatic nitrogens is 1. The van der Waals surface area contributed by atoms with Crippen molar-refractivity contribution in [2.75, 3.05) is 18.1 Å². The highest BCUT2D eigenvalue weighted by molar-refractivity contribution is 5.87. The molecule has 1 saturated heterocycles. The second kappa shape index (κ2) is 6.59. The van der Waals surface area contributed by atoms with Crippen molar-refractivity contribution in [3.05, 3.63) is 12.0 Å². The summed E-state index contributed by atoms with van der Waals surface area (Å²) in [6.07, 6.45) is 7.25. The maximum Gasteiger partial charge on any atom is 0.360 e. The van der Waals surface area contributed by atoms with E-state index in [0.717, 1.165) is 25.8 Å². The molecule has 1 aromatic rings. The molecule has 0 amide bonds. The Balaban J connectivity index is 2.09. The fourth-order valence-corrected chi connectivity index (χ4v) is 2.58. The lowest BCUT2D eigenvalue weighted by atomic mass is 9.99. The van der Waals surface area contributed by atoms with E-state index in [9.17, 15) is 4.79 Å². The predicted octanol–water partition coefficient (Wildman–Crippen LogP) is 3.01. The van der Waals surface area contributed by atoms with Crippen molar-refractivity contribution < 1.29 is 13.9 Å². The zero-order valence-corrected chi connectivity index (χ0v) is 11.7. The highest BCUT2D eigenvalue weighted by atomic mass is 16.5. The maximum absolute atomic E-state index is 11.6. The van der Waals surface area contributed by atoms with E-state index in [-0.39, 0.29) is 5.69 Å². The van der Waals surface area contributed by atoms with Gasteiger partial charge in [-0.2, -0.15) is 4.98 Å². The van der Waals surface area contributed by atoms with E-state index in [4.69, 9.17) is 9.15 Å². The highest BCUT2D eigenvalue weighted by Crippen LogP contribution is 2.26. The average Bonchev–Trinajstić information content (AvgIpc) is 2.90. The highest BCUT2D eigenvalue weighted by Gasteiger charge is 2.26. The van der Waals surface area contributed by atoms with Gasteiger partial charge in [0, 0.05) is 12.6 Å². The molecule has 106 valence electrons. The van der Waals surface area contributed by atoms with Crippen LogP contribution in [0.1, 0.15) is 56.4 Å². The van der Waals surface area contributed by atoms with Crippen LogP contribution in [-0.4, -0.2) is 30.1 Å². The first-order valence-corrected chi connectivity index (χ1v) is 7.15. The lowest BCUT2D eigenvalue weighted by Crippen LogP contribution is -2.39. The van der Waals surface area contributed by atoms with Gasteiger partial charge in [-0.05, 0) is 32.6 Å². The van der Waals surface area contributed by atoms with Crippen LogP contribution in [0.3, 0.4) is 0 Å². The minimum Gasteiger partial charge on any atom is -0.461 e. The van der Waals surface area contributed by atoms with E-state index in [0.29, 0.717) is 18.7 Å². The minimum absolute atomic E-state index is 0.262. The quantitative estimate of drug-likeness (QED) is 0.767. The Morgan fingerprint density at radius 2 is 2.37 bits per heavy atom. The molecule has 1 aromatic heterocycles. The molecule has 19 heavy (non-hydrogen) atoms. The van der Waals surface area contributed by atoms with Crippen molar-refractivity contribution in [1.82, 2.24) is 4.98 Å². The number of esters is 1. The number of piperidine rings is 1. The fourth-order valence-electron chi connectivity index (χ4n) is 2.58. The van der Waals surface area contributed by atoms with Crippen LogP contribution < -0.4 is 4.90 Å².